The van der Waals surface area contributed by atoms with E-state index in [4.69, 9.17) is 0 Å². The lowest BCUT2D eigenvalue weighted by Crippen LogP contribution is -2.27. The molecular formula is C15H13F3O3. The number of carbonyl (C=O) groups is 1. The number of aromatic hydroxyl groups is 1. The summed E-state index contributed by atoms with van der Waals surface area (Å²) in [6, 6.07) is 6.09. The summed E-state index contributed by atoms with van der Waals surface area (Å²) in [5, 5.41) is 19.3. The first-order chi connectivity index (χ1) is 9.79. The zero-order valence-corrected chi connectivity index (χ0v) is 10.9. The zero-order chi connectivity index (χ0) is 15.6. The van der Waals surface area contributed by atoms with Gasteiger partial charge in [-0.2, -0.15) is 13.2 Å². The molecule has 0 aliphatic heterocycles. The molecule has 2 rings (SSSR count). The van der Waals surface area contributed by atoms with Crippen molar-refractivity contribution in [1.29, 1.82) is 0 Å². The number of phenols is 1. The lowest BCUT2D eigenvalue weighted by atomic mass is 9.89. The van der Waals surface area contributed by atoms with E-state index in [0.717, 1.165) is 0 Å². The van der Waals surface area contributed by atoms with E-state index in [2.05, 4.69) is 0 Å². The van der Waals surface area contributed by atoms with Crippen molar-refractivity contribution in [2.24, 2.45) is 0 Å². The molecule has 0 bridgehead atoms. The van der Waals surface area contributed by atoms with Gasteiger partial charge in [0.2, 0.25) is 0 Å². The van der Waals surface area contributed by atoms with Crippen LogP contribution in [-0.4, -0.2) is 22.2 Å². The molecule has 0 aromatic heterocycles. The van der Waals surface area contributed by atoms with Crippen LogP contribution in [0, 0.1) is 0 Å². The quantitative estimate of drug-likeness (QED) is 0.870. The number of benzene rings is 1. The number of halogens is 3. The Labute approximate surface area is 119 Å². The first-order valence-electron chi connectivity index (χ1n) is 6.32. The van der Waals surface area contributed by atoms with E-state index in [1.807, 2.05) is 0 Å². The molecule has 1 aliphatic rings. The number of aliphatic hydroxyl groups excluding tert-OH is 1. The van der Waals surface area contributed by atoms with E-state index in [1.165, 1.54) is 18.2 Å². The molecule has 1 aliphatic carbocycles. The number of alkyl halides is 3. The van der Waals surface area contributed by atoms with E-state index < -0.39 is 23.3 Å². The largest absolute Gasteiger partial charge is 0.508 e. The van der Waals surface area contributed by atoms with Crippen LogP contribution in [0.4, 0.5) is 13.2 Å². The Kier molecular flexibility index (Phi) is 4.06. The minimum Gasteiger partial charge on any atom is -0.508 e. The highest BCUT2D eigenvalue weighted by Gasteiger charge is 2.42. The predicted octanol–water partition coefficient (Wildman–Crippen LogP) is 3.90. The fraction of sp³-hybridized carbons (Fsp3) is 0.267. The molecule has 1 aromatic rings. The molecule has 0 radical (unpaired) electrons. The Balaban J connectivity index is 2.39. The minimum absolute atomic E-state index is 0.00946. The van der Waals surface area contributed by atoms with Crippen LogP contribution >= 0.6 is 0 Å². The number of allylic oxidation sites excluding steroid dienone is 2. The second-order valence-corrected chi connectivity index (χ2v) is 4.77. The van der Waals surface area contributed by atoms with Gasteiger partial charge in [0.25, 0.3) is 5.78 Å². The van der Waals surface area contributed by atoms with Gasteiger partial charge >= 0.3 is 6.18 Å². The first-order valence-corrected chi connectivity index (χ1v) is 6.32. The van der Waals surface area contributed by atoms with Gasteiger partial charge in [-0.25, -0.2) is 0 Å². The van der Waals surface area contributed by atoms with Crippen molar-refractivity contribution >= 4 is 11.9 Å². The second-order valence-electron chi connectivity index (χ2n) is 4.77. The molecule has 112 valence electrons. The molecular weight excluding hydrogens is 285 g/mol. The van der Waals surface area contributed by atoms with Gasteiger partial charge in [-0.1, -0.05) is 12.1 Å². The smallest absolute Gasteiger partial charge is 0.454 e. The highest BCUT2D eigenvalue weighted by atomic mass is 19.4. The molecule has 2 N–H and O–H groups in total. The van der Waals surface area contributed by atoms with Gasteiger partial charge in [0, 0.05) is 5.57 Å². The van der Waals surface area contributed by atoms with E-state index >= 15 is 0 Å². The van der Waals surface area contributed by atoms with Crippen LogP contribution in [0.5, 0.6) is 5.75 Å². The van der Waals surface area contributed by atoms with Crippen molar-refractivity contribution in [3.63, 3.8) is 0 Å². The second kappa shape index (κ2) is 5.63. The molecule has 0 saturated carbocycles. The summed E-state index contributed by atoms with van der Waals surface area (Å²) in [7, 11) is 0. The number of ketones is 1. The normalized spacial score (nSPS) is 18.1. The maximum absolute atomic E-state index is 12.5. The molecule has 6 heteroatoms. The minimum atomic E-state index is -4.99. The van der Waals surface area contributed by atoms with E-state index in [1.54, 1.807) is 12.1 Å². The molecule has 0 atom stereocenters. The maximum atomic E-state index is 12.5. The highest BCUT2D eigenvalue weighted by Crippen LogP contribution is 2.34. The number of carbonyl (C=O) groups excluding carboxylic acids is 1. The van der Waals surface area contributed by atoms with E-state index in [0.29, 0.717) is 18.4 Å². The number of aliphatic hydroxyl groups is 1. The number of Topliss-reactive ketones (excluding diaryl/α,β-unsaturated/α-hetero) is 1. The van der Waals surface area contributed by atoms with Crippen LogP contribution in [-0.2, 0) is 4.79 Å². The van der Waals surface area contributed by atoms with Crippen molar-refractivity contribution in [3.05, 3.63) is 46.7 Å². The van der Waals surface area contributed by atoms with Crippen molar-refractivity contribution in [1.82, 2.24) is 0 Å². The Bertz CT molecular complexity index is 627. The molecule has 0 unspecified atom stereocenters. The summed E-state index contributed by atoms with van der Waals surface area (Å²) in [5.41, 5.74) is 0.205. The summed E-state index contributed by atoms with van der Waals surface area (Å²) in [5.74, 6) is -2.59. The predicted molar refractivity (Wildman–Crippen MR) is 70.7 cm³/mol. The maximum Gasteiger partial charge on any atom is 0.454 e. The molecule has 21 heavy (non-hydrogen) atoms. The molecule has 3 nitrogen and oxygen atoms in total. The topological polar surface area (TPSA) is 57.5 Å². The monoisotopic (exact) mass is 298 g/mol. The van der Waals surface area contributed by atoms with Crippen LogP contribution in [0.1, 0.15) is 24.8 Å². The van der Waals surface area contributed by atoms with Crippen LogP contribution in [0.3, 0.4) is 0 Å². The van der Waals surface area contributed by atoms with Gasteiger partial charge in [-0.05, 0) is 48.6 Å². The van der Waals surface area contributed by atoms with Gasteiger partial charge < -0.3 is 10.2 Å². The summed E-state index contributed by atoms with van der Waals surface area (Å²) < 4.78 is 37.4. The lowest BCUT2D eigenvalue weighted by Gasteiger charge is -2.19. The third-order valence-electron chi connectivity index (χ3n) is 3.21. The van der Waals surface area contributed by atoms with Crippen molar-refractivity contribution in [2.45, 2.75) is 25.4 Å². The van der Waals surface area contributed by atoms with Gasteiger partial charge in [0.05, 0.1) is 0 Å². The SMILES string of the molecule is O=C(C1=C(O)C(=Cc2cccc(O)c2)CCC1)C(F)(F)F. The van der Waals surface area contributed by atoms with Gasteiger partial charge in [-0.15, -0.1) is 0 Å². The van der Waals surface area contributed by atoms with Crippen molar-refractivity contribution < 1.29 is 28.2 Å². The molecule has 1 aromatic carbocycles. The Hall–Kier alpha value is -2.24. The average molecular weight is 298 g/mol. The van der Waals surface area contributed by atoms with Gasteiger partial charge in [-0.3, -0.25) is 4.79 Å². The Morgan fingerprint density at radius 3 is 2.52 bits per heavy atom. The molecule has 0 spiro atoms. The van der Waals surface area contributed by atoms with Gasteiger partial charge in [0.1, 0.15) is 11.5 Å². The van der Waals surface area contributed by atoms with Crippen LogP contribution < -0.4 is 0 Å². The third kappa shape index (κ3) is 3.45. The number of rotatable bonds is 2. The first kappa shape index (κ1) is 15.2. The van der Waals surface area contributed by atoms with Gasteiger partial charge in [0.15, 0.2) is 0 Å². The summed E-state index contributed by atoms with van der Waals surface area (Å²) in [6.45, 7) is 0. The average Bonchev–Trinajstić information content (AvgIpc) is 2.39. The number of hydrogen-bond donors (Lipinski definition) is 2. The molecule has 0 amide bonds. The number of hydrogen-bond acceptors (Lipinski definition) is 3. The Morgan fingerprint density at radius 1 is 1.19 bits per heavy atom. The molecule has 0 fully saturated rings. The van der Waals surface area contributed by atoms with Crippen molar-refractivity contribution in [3.8, 4) is 5.75 Å². The fourth-order valence-corrected chi connectivity index (χ4v) is 2.23. The highest BCUT2D eigenvalue weighted by molar-refractivity contribution is 6.00. The summed E-state index contributed by atoms with van der Waals surface area (Å²) in [6.07, 6.45) is -2.89. The lowest BCUT2D eigenvalue weighted by molar-refractivity contribution is -0.167. The summed E-state index contributed by atoms with van der Waals surface area (Å²) in [4.78, 5) is 11.3. The van der Waals surface area contributed by atoms with Crippen LogP contribution in [0.2, 0.25) is 0 Å². The molecule has 0 heterocycles. The van der Waals surface area contributed by atoms with E-state index in [9.17, 15) is 28.2 Å². The molecule has 0 saturated heterocycles. The van der Waals surface area contributed by atoms with E-state index in [-0.39, 0.29) is 17.7 Å². The Morgan fingerprint density at radius 2 is 1.90 bits per heavy atom. The number of phenolic OH excluding ortho intramolecular Hbond substituents is 1. The summed E-state index contributed by atoms with van der Waals surface area (Å²) >= 11 is 0. The third-order valence-corrected chi connectivity index (χ3v) is 3.21. The van der Waals surface area contributed by atoms with Crippen LogP contribution in [0.15, 0.2) is 41.2 Å². The van der Waals surface area contributed by atoms with Crippen molar-refractivity contribution in [2.75, 3.05) is 0 Å². The van der Waals surface area contributed by atoms with Crippen LogP contribution in [0.25, 0.3) is 6.08 Å². The zero-order valence-electron chi connectivity index (χ0n) is 10.9. The standard InChI is InChI=1S/C15H13F3O3/c16-15(17,18)14(21)12-6-2-4-10(13(12)20)7-9-3-1-5-11(19)8-9/h1,3,5,7-8,19-20H,2,4,6H2. The fourth-order valence-electron chi connectivity index (χ4n) is 2.23.